The fourth-order valence-electron chi connectivity index (χ4n) is 1.92. The highest BCUT2D eigenvalue weighted by molar-refractivity contribution is 6.42. The van der Waals surface area contributed by atoms with E-state index in [1.807, 2.05) is 0 Å². The summed E-state index contributed by atoms with van der Waals surface area (Å²) in [6.45, 7) is 0. The molecule has 1 unspecified atom stereocenters. The van der Waals surface area contributed by atoms with Gasteiger partial charge in [-0.15, -0.1) is 0 Å². The molecule has 16 heavy (non-hydrogen) atoms. The normalized spacial score (nSPS) is 19.8. The predicted molar refractivity (Wildman–Crippen MR) is 67.3 cm³/mol. The largest absolute Gasteiger partial charge is 0.294 e. The van der Waals surface area contributed by atoms with Gasteiger partial charge in [-0.2, -0.15) is 0 Å². The summed E-state index contributed by atoms with van der Waals surface area (Å²) >= 11 is 11.7. The summed E-state index contributed by atoms with van der Waals surface area (Å²) in [7, 11) is 0. The fourth-order valence-corrected chi connectivity index (χ4v) is 2.21. The average molecular weight is 255 g/mol. The molecule has 1 aliphatic rings. The molecule has 1 aromatic carbocycles. The van der Waals surface area contributed by atoms with Crippen LogP contribution in [0, 0.1) is 5.92 Å². The van der Waals surface area contributed by atoms with E-state index in [1.165, 1.54) is 0 Å². The van der Waals surface area contributed by atoms with Gasteiger partial charge in [-0.3, -0.25) is 4.79 Å². The predicted octanol–water partition coefficient (Wildman–Crippen LogP) is 4.53. The van der Waals surface area contributed by atoms with Crippen molar-refractivity contribution in [3.63, 3.8) is 0 Å². The van der Waals surface area contributed by atoms with Gasteiger partial charge < -0.3 is 0 Å². The summed E-state index contributed by atoms with van der Waals surface area (Å²) < 4.78 is 0. The van der Waals surface area contributed by atoms with Crippen LogP contribution >= 0.6 is 23.2 Å². The molecule has 0 radical (unpaired) electrons. The summed E-state index contributed by atoms with van der Waals surface area (Å²) in [6.07, 6.45) is 6.94. The Bertz CT molecular complexity index is 438. The van der Waals surface area contributed by atoms with Gasteiger partial charge >= 0.3 is 0 Å². The summed E-state index contributed by atoms with van der Waals surface area (Å²) in [4.78, 5) is 12.1. The van der Waals surface area contributed by atoms with Crippen molar-refractivity contribution < 1.29 is 4.79 Å². The highest BCUT2D eigenvalue weighted by Gasteiger charge is 2.20. The smallest absolute Gasteiger partial charge is 0.166 e. The van der Waals surface area contributed by atoms with Crippen LogP contribution in [0.3, 0.4) is 0 Å². The number of hydrogen-bond acceptors (Lipinski definition) is 1. The molecular formula is C13H12Cl2O. The van der Waals surface area contributed by atoms with Crippen molar-refractivity contribution in [3.05, 3.63) is 46.0 Å². The molecule has 3 heteroatoms. The van der Waals surface area contributed by atoms with E-state index in [1.54, 1.807) is 18.2 Å². The number of rotatable bonds is 2. The molecule has 1 aromatic rings. The van der Waals surface area contributed by atoms with Crippen LogP contribution < -0.4 is 0 Å². The molecule has 2 rings (SSSR count). The molecule has 0 spiro atoms. The molecule has 1 atom stereocenters. The van der Waals surface area contributed by atoms with Crippen LogP contribution in [-0.4, -0.2) is 5.78 Å². The van der Waals surface area contributed by atoms with Crippen molar-refractivity contribution in [1.29, 1.82) is 0 Å². The molecule has 1 nitrogen and oxygen atoms in total. The van der Waals surface area contributed by atoms with E-state index in [4.69, 9.17) is 23.2 Å². The monoisotopic (exact) mass is 254 g/mol. The number of benzene rings is 1. The second kappa shape index (κ2) is 5.03. The molecule has 0 aromatic heterocycles. The lowest BCUT2D eigenvalue weighted by Crippen LogP contribution is -2.15. The summed E-state index contributed by atoms with van der Waals surface area (Å²) in [5.74, 6) is 0.269. The van der Waals surface area contributed by atoms with Gasteiger partial charge in [0, 0.05) is 11.5 Å². The van der Waals surface area contributed by atoms with Crippen molar-refractivity contribution in [1.82, 2.24) is 0 Å². The van der Waals surface area contributed by atoms with E-state index >= 15 is 0 Å². The van der Waals surface area contributed by atoms with Gasteiger partial charge in [0.1, 0.15) is 0 Å². The van der Waals surface area contributed by atoms with Crippen LogP contribution in [0.25, 0.3) is 0 Å². The molecule has 0 amide bonds. The molecule has 0 N–H and O–H groups in total. The molecular weight excluding hydrogens is 243 g/mol. The number of hydrogen-bond donors (Lipinski definition) is 0. The van der Waals surface area contributed by atoms with Gasteiger partial charge in [-0.05, 0) is 37.5 Å². The van der Waals surface area contributed by atoms with E-state index in [0.717, 1.165) is 19.3 Å². The maximum absolute atomic E-state index is 12.1. The molecule has 0 aliphatic heterocycles. The second-order valence-electron chi connectivity index (χ2n) is 3.97. The Morgan fingerprint density at radius 3 is 2.62 bits per heavy atom. The first kappa shape index (κ1) is 11.7. The van der Waals surface area contributed by atoms with Gasteiger partial charge in [-0.25, -0.2) is 0 Å². The van der Waals surface area contributed by atoms with Crippen molar-refractivity contribution in [2.75, 3.05) is 0 Å². The van der Waals surface area contributed by atoms with Gasteiger partial charge in [0.2, 0.25) is 0 Å². The Morgan fingerprint density at radius 2 is 2.00 bits per heavy atom. The first-order valence-electron chi connectivity index (χ1n) is 5.33. The fraction of sp³-hybridized carbons (Fsp3) is 0.308. The standard InChI is InChI=1S/C13H12Cl2O/c14-11-7-6-10(8-12(11)15)13(16)9-4-2-1-3-5-9/h1-2,6-9H,3-5H2. The van der Waals surface area contributed by atoms with E-state index in [9.17, 15) is 4.79 Å². The maximum Gasteiger partial charge on any atom is 0.166 e. The minimum absolute atomic E-state index is 0.0993. The molecule has 0 bridgehead atoms. The van der Waals surface area contributed by atoms with Gasteiger partial charge in [-0.1, -0.05) is 35.4 Å². The first-order valence-corrected chi connectivity index (χ1v) is 6.08. The number of carbonyl (C=O) groups excluding carboxylic acids is 1. The molecule has 0 saturated carbocycles. The van der Waals surface area contributed by atoms with Gasteiger partial charge in [0.05, 0.1) is 10.0 Å². The van der Waals surface area contributed by atoms with E-state index in [2.05, 4.69) is 12.2 Å². The lowest BCUT2D eigenvalue weighted by Gasteiger charge is -2.16. The van der Waals surface area contributed by atoms with E-state index in [-0.39, 0.29) is 11.7 Å². The van der Waals surface area contributed by atoms with Crippen LogP contribution in [0.15, 0.2) is 30.4 Å². The molecule has 0 fully saturated rings. The minimum Gasteiger partial charge on any atom is -0.294 e. The Balaban J connectivity index is 2.20. The minimum atomic E-state index is 0.0993. The number of Topliss-reactive ketones (excluding diaryl/α,β-unsaturated/α-hetero) is 1. The Morgan fingerprint density at radius 1 is 1.19 bits per heavy atom. The summed E-state index contributed by atoms with van der Waals surface area (Å²) in [5, 5.41) is 0.931. The molecule has 0 saturated heterocycles. The van der Waals surface area contributed by atoms with Crippen LogP contribution in [0.2, 0.25) is 10.0 Å². The number of carbonyl (C=O) groups is 1. The van der Waals surface area contributed by atoms with Crippen LogP contribution in [-0.2, 0) is 0 Å². The first-order chi connectivity index (χ1) is 7.68. The zero-order valence-corrected chi connectivity index (χ0v) is 10.3. The summed E-state index contributed by atoms with van der Waals surface area (Å²) in [5.41, 5.74) is 0.662. The van der Waals surface area contributed by atoms with Crippen LogP contribution in [0.1, 0.15) is 29.6 Å². The third-order valence-corrected chi connectivity index (χ3v) is 3.58. The highest BCUT2D eigenvalue weighted by atomic mass is 35.5. The topological polar surface area (TPSA) is 17.1 Å². The lowest BCUT2D eigenvalue weighted by atomic mass is 9.87. The average Bonchev–Trinajstić information content (AvgIpc) is 2.33. The van der Waals surface area contributed by atoms with E-state index < -0.39 is 0 Å². The third-order valence-electron chi connectivity index (χ3n) is 2.84. The third kappa shape index (κ3) is 2.47. The SMILES string of the molecule is O=C(c1ccc(Cl)c(Cl)c1)C1CC=CCC1. The zero-order valence-electron chi connectivity index (χ0n) is 8.75. The highest BCUT2D eigenvalue weighted by Crippen LogP contribution is 2.27. The second-order valence-corrected chi connectivity index (χ2v) is 4.79. The maximum atomic E-state index is 12.1. The Hall–Kier alpha value is -0.790. The Labute approximate surface area is 105 Å². The van der Waals surface area contributed by atoms with Gasteiger partial charge in [0.15, 0.2) is 5.78 Å². The van der Waals surface area contributed by atoms with Crippen LogP contribution in [0.5, 0.6) is 0 Å². The molecule has 1 aliphatic carbocycles. The van der Waals surface area contributed by atoms with Gasteiger partial charge in [0.25, 0.3) is 0 Å². The lowest BCUT2D eigenvalue weighted by molar-refractivity contribution is 0.0912. The summed E-state index contributed by atoms with van der Waals surface area (Å²) in [6, 6.07) is 5.08. The number of ketones is 1. The Kier molecular flexibility index (Phi) is 3.67. The van der Waals surface area contributed by atoms with Crippen molar-refractivity contribution in [2.45, 2.75) is 19.3 Å². The van der Waals surface area contributed by atoms with Crippen LogP contribution in [0.4, 0.5) is 0 Å². The van der Waals surface area contributed by atoms with E-state index in [0.29, 0.717) is 15.6 Å². The zero-order chi connectivity index (χ0) is 11.5. The molecule has 84 valence electrons. The number of halogens is 2. The van der Waals surface area contributed by atoms with Crippen molar-refractivity contribution in [3.8, 4) is 0 Å². The van der Waals surface area contributed by atoms with Crippen molar-refractivity contribution >= 4 is 29.0 Å². The van der Waals surface area contributed by atoms with Crippen molar-refractivity contribution in [2.24, 2.45) is 5.92 Å². The molecule has 0 heterocycles. The number of allylic oxidation sites excluding steroid dienone is 2. The quantitative estimate of drug-likeness (QED) is 0.560.